The molecule has 1 aromatic carbocycles. The number of imide groups is 1. The van der Waals surface area contributed by atoms with Gasteiger partial charge in [0.05, 0.1) is 13.7 Å². The number of carbonyl (C=O) groups is 3. The van der Waals surface area contributed by atoms with Gasteiger partial charge in [-0.1, -0.05) is 5.92 Å². The van der Waals surface area contributed by atoms with E-state index in [2.05, 4.69) is 16.6 Å². The third-order valence-electron chi connectivity index (χ3n) is 4.10. The van der Waals surface area contributed by atoms with Crippen molar-refractivity contribution in [2.24, 2.45) is 0 Å². The van der Waals surface area contributed by atoms with E-state index in [4.69, 9.17) is 11.2 Å². The molecule has 0 radical (unpaired) electrons. The van der Waals surface area contributed by atoms with Crippen LogP contribution in [-0.4, -0.2) is 48.5 Å². The van der Waals surface area contributed by atoms with Crippen LogP contribution in [0.1, 0.15) is 15.9 Å². The monoisotopic (exact) mass is 313 g/mol. The molecular weight excluding hydrogens is 298 g/mol. The maximum atomic E-state index is 12.6. The van der Waals surface area contributed by atoms with Gasteiger partial charge in [0.1, 0.15) is 5.75 Å². The lowest BCUT2D eigenvalue weighted by molar-refractivity contribution is -0.122. The van der Waals surface area contributed by atoms with Gasteiger partial charge < -0.3 is 15.0 Å². The second kappa shape index (κ2) is 5.32. The molecule has 7 heteroatoms. The summed E-state index contributed by atoms with van der Waals surface area (Å²) in [6.07, 6.45) is 6.06. The fourth-order valence-corrected chi connectivity index (χ4v) is 2.83. The van der Waals surface area contributed by atoms with Crippen LogP contribution in [0.15, 0.2) is 18.2 Å². The minimum absolute atomic E-state index is 0.0641. The van der Waals surface area contributed by atoms with Crippen LogP contribution in [0.3, 0.4) is 0 Å². The summed E-state index contributed by atoms with van der Waals surface area (Å²) in [4.78, 5) is 37.4. The minimum Gasteiger partial charge on any atom is -0.497 e. The standard InChI is InChI=1S/C16H15N3O4/c1-3-16(14(21)17-15(22)18-16)9-19-7-6-10-8-11(23-2)4-5-12(10)13(19)20/h1,4-5,8H,6-7,9H2,2H3,(H2,17,18,21,22)/t16-/m1/s1. The van der Waals surface area contributed by atoms with Crippen molar-refractivity contribution in [1.29, 1.82) is 0 Å². The number of hydrogen-bond acceptors (Lipinski definition) is 4. The zero-order valence-electron chi connectivity index (χ0n) is 12.5. The number of nitrogens with one attached hydrogen (secondary N) is 2. The van der Waals surface area contributed by atoms with Gasteiger partial charge in [-0.3, -0.25) is 14.9 Å². The van der Waals surface area contributed by atoms with Gasteiger partial charge in [0.2, 0.25) is 0 Å². The fraction of sp³-hybridized carbons (Fsp3) is 0.312. The Balaban J connectivity index is 1.86. The van der Waals surface area contributed by atoms with Crippen LogP contribution >= 0.6 is 0 Å². The molecule has 0 aromatic heterocycles. The topological polar surface area (TPSA) is 87.7 Å². The molecule has 4 amide bonds. The molecule has 1 aromatic rings. The predicted octanol–water partition coefficient (Wildman–Crippen LogP) is -0.0951. The van der Waals surface area contributed by atoms with Crippen molar-refractivity contribution >= 4 is 17.8 Å². The molecule has 2 aliphatic rings. The highest BCUT2D eigenvalue weighted by atomic mass is 16.5. The summed E-state index contributed by atoms with van der Waals surface area (Å²) in [5.74, 6) is 2.16. The van der Waals surface area contributed by atoms with Gasteiger partial charge in [-0.05, 0) is 30.2 Å². The normalized spacial score (nSPS) is 23.0. The van der Waals surface area contributed by atoms with E-state index in [1.54, 1.807) is 19.2 Å². The number of nitrogens with zero attached hydrogens (tertiary/aromatic N) is 1. The highest BCUT2D eigenvalue weighted by Gasteiger charge is 2.47. The number of rotatable bonds is 3. The van der Waals surface area contributed by atoms with Gasteiger partial charge in [0, 0.05) is 12.1 Å². The van der Waals surface area contributed by atoms with E-state index < -0.39 is 17.5 Å². The van der Waals surface area contributed by atoms with Crippen molar-refractivity contribution in [2.45, 2.75) is 12.0 Å². The first-order chi connectivity index (χ1) is 11.0. The molecule has 0 bridgehead atoms. The Hall–Kier alpha value is -3.01. The molecule has 1 atom stereocenters. The van der Waals surface area contributed by atoms with Crippen molar-refractivity contribution in [2.75, 3.05) is 20.2 Å². The Labute approximate surface area is 133 Å². The SMILES string of the molecule is C#C[C@]1(CN2CCc3cc(OC)ccc3C2=O)NC(=O)NC1=O. The summed E-state index contributed by atoms with van der Waals surface area (Å²) >= 11 is 0. The summed E-state index contributed by atoms with van der Waals surface area (Å²) in [5, 5.41) is 4.54. The zero-order valence-corrected chi connectivity index (χ0v) is 12.5. The third-order valence-corrected chi connectivity index (χ3v) is 4.10. The largest absolute Gasteiger partial charge is 0.497 e. The third kappa shape index (κ3) is 2.38. The van der Waals surface area contributed by atoms with Crippen LogP contribution in [0.2, 0.25) is 0 Å². The maximum absolute atomic E-state index is 12.6. The van der Waals surface area contributed by atoms with Crippen LogP contribution in [0.25, 0.3) is 0 Å². The molecule has 3 rings (SSSR count). The van der Waals surface area contributed by atoms with Crippen molar-refractivity contribution in [3.63, 3.8) is 0 Å². The lowest BCUT2D eigenvalue weighted by atomic mass is 9.95. The Kier molecular flexibility index (Phi) is 3.45. The summed E-state index contributed by atoms with van der Waals surface area (Å²) in [6.45, 7) is 0.344. The quantitative estimate of drug-likeness (QED) is 0.603. The number of urea groups is 1. The molecule has 1 saturated heterocycles. The number of methoxy groups -OCH3 is 1. The van der Waals surface area contributed by atoms with Gasteiger partial charge in [0.25, 0.3) is 11.8 Å². The average molecular weight is 313 g/mol. The highest BCUT2D eigenvalue weighted by Crippen LogP contribution is 2.25. The van der Waals surface area contributed by atoms with E-state index in [9.17, 15) is 14.4 Å². The van der Waals surface area contributed by atoms with Gasteiger partial charge in [-0.25, -0.2) is 4.79 Å². The van der Waals surface area contributed by atoms with E-state index >= 15 is 0 Å². The van der Waals surface area contributed by atoms with Crippen molar-refractivity contribution in [1.82, 2.24) is 15.5 Å². The van der Waals surface area contributed by atoms with Gasteiger partial charge in [-0.15, -0.1) is 6.42 Å². The van der Waals surface area contributed by atoms with Crippen LogP contribution in [0, 0.1) is 12.3 Å². The Morgan fingerprint density at radius 1 is 1.39 bits per heavy atom. The minimum atomic E-state index is -1.52. The Morgan fingerprint density at radius 2 is 2.17 bits per heavy atom. The molecule has 2 N–H and O–H groups in total. The van der Waals surface area contributed by atoms with Gasteiger partial charge in [-0.2, -0.15) is 0 Å². The van der Waals surface area contributed by atoms with Gasteiger partial charge >= 0.3 is 6.03 Å². The molecule has 0 spiro atoms. The zero-order chi connectivity index (χ0) is 16.6. The fourth-order valence-electron chi connectivity index (χ4n) is 2.83. The van der Waals surface area contributed by atoms with E-state index in [0.29, 0.717) is 24.3 Å². The second-order valence-electron chi connectivity index (χ2n) is 5.46. The molecule has 118 valence electrons. The van der Waals surface area contributed by atoms with E-state index in [0.717, 1.165) is 5.56 Å². The molecule has 1 fully saturated rings. The summed E-state index contributed by atoms with van der Waals surface area (Å²) in [7, 11) is 1.57. The number of carbonyl (C=O) groups excluding carboxylic acids is 3. The smallest absolute Gasteiger partial charge is 0.323 e. The Bertz CT molecular complexity index is 752. The average Bonchev–Trinajstić information content (AvgIpc) is 2.84. The van der Waals surface area contributed by atoms with E-state index in [-0.39, 0.29) is 12.5 Å². The molecule has 7 nitrogen and oxygen atoms in total. The van der Waals surface area contributed by atoms with Crippen LogP contribution in [0.5, 0.6) is 5.75 Å². The number of hydrogen-bond donors (Lipinski definition) is 2. The molecule has 0 unspecified atom stereocenters. The molecule has 23 heavy (non-hydrogen) atoms. The van der Waals surface area contributed by atoms with Crippen molar-refractivity contribution < 1.29 is 19.1 Å². The number of ether oxygens (including phenoxy) is 1. The molecular formula is C16H15N3O4. The number of benzene rings is 1. The first kappa shape index (κ1) is 14.9. The lowest BCUT2D eigenvalue weighted by Crippen LogP contribution is -2.56. The lowest BCUT2D eigenvalue weighted by Gasteiger charge is -2.33. The highest BCUT2D eigenvalue weighted by molar-refractivity contribution is 6.09. The number of terminal acetylenes is 1. The van der Waals surface area contributed by atoms with Crippen LogP contribution < -0.4 is 15.4 Å². The van der Waals surface area contributed by atoms with Crippen molar-refractivity contribution in [3.05, 3.63) is 29.3 Å². The van der Waals surface area contributed by atoms with Crippen LogP contribution in [0.4, 0.5) is 4.79 Å². The van der Waals surface area contributed by atoms with Crippen molar-refractivity contribution in [3.8, 4) is 18.1 Å². The summed E-state index contributed by atoms with van der Waals surface area (Å²) in [6, 6.07) is 4.58. The van der Waals surface area contributed by atoms with E-state index in [1.807, 2.05) is 6.07 Å². The van der Waals surface area contributed by atoms with Gasteiger partial charge in [0.15, 0.2) is 5.54 Å². The van der Waals surface area contributed by atoms with Crippen LogP contribution in [-0.2, 0) is 11.2 Å². The molecule has 2 aliphatic heterocycles. The predicted molar refractivity (Wildman–Crippen MR) is 80.8 cm³/mol. The van der Waals surface area contributed by atoms with E-state index in [1.165, 1.54) is 4.90 Å². The first-order valence-electron chi connectivity index (χ1n) is 7.06. The number of amides is 4. The Morgan fingerprint density at radius 3 is 2.78 bits per heavy atom. The second-order valence-corrected chi connectivity index (χ2v) is 5.46. The summed E-state index contributed by atoms with van der Waals surface area (Å²) in [5.41, 5.74) is -0.0781. The molecule has 0 saturated carbocycles. The summed E-state index contributed by atoms with van der Waals surface area (Å²) < 4.78 is 5.16. The number of fused-ring (bicyclic) bond motifs is 1. The molecule has 0 aliphatic carbocycles. The molecule has 2 heterocycles. The maximum Gasteiger partial charge on any atom is 0.323 e. The first-order valence-corrected chi connectivity index (χ1v) is 7.06.